The molecule has 0 saturated carbocycles. The number of carbonyl (C=O) groups excluding carboxylic acids is 1. The van der Waals surface area contributed by atoms with E-state index in [9.17, 15) is 4.79 Å². The van der Waals surface area contributed by atoms with Crippen molar-refractivity contribution >= 4 is 22.8 Å². The first-order valence-corrected chi connectivity index (χ1v) is 6.44. The Hall–Kier alpha value is -2.08. The van der Waals surface area contributed by atoms with Crippen LogP contribution >= 0.6 is 0 Å². The molecule has 0 saturated heterocycles. The second-order valence-corrected chi connectivity index (χ2v) is 5.65. The van der Waals surface area contributed by atoms with Crippen molar-refractivity contribution in [2.75, 3.05) is 5.32 Å². The Morgan fingerprint density at radius 2 is 2.15 bits per heavy atom. The molecule has 3 N–H and O–H groups in total. The molecule has 2 rings (SSSR count). The van der Waals surface area contributed by atoms with Gasteiger partial charge in [-0.15, -0.1) is 0 Å². The van der Waals surface area contributed by atoms with Gasteiger partial charge in [0.2, 0.25) is 0 Å². The lowest BCUT2D eigenvalue weighted by molar-refractivity contribution is 0.0635. The van der Waals surface area contributed by atoms with Crippen molar-refractivity contribution in [3.8, 4) is 0 Å². The molecule has 0 aliphatic rings. The van der Waals surface area contributed by atoms with Crippen molar-refractivity contribution in [2.45, 2.75) is 32.9 Å². The Morgan fingerprint density at radius 1 is 1.45 bits per heavy atom. The molecule has 0 bridgehead atoms. The molecule has 0 aromatic carbocycles. The highest BCUT2D eigenvalue weighted by molar-refractivity contribution is 5.88. The number of carbonyl (C=O) groups is 1. The number of fused-ring (bicyclic) bond motifs is 1. The second kappa shape index (κ2) is 5.13. The van der Waals surface area contributed by atoms with E-state index in [0.29, 0.717) is 12.4 Å². The third-order valence-corrected chi connectivity index (χ3v) is 2.86. The molecular formula is C14H20N4O2. The number of nitrogens with zero attached hydrogens (tertiary/aromatic N) is 2. The molecule has 0 aliphatic heterocycles. The van der Waals surface area contributed by atoms with Crippen LogP contribution in [0.15, 0.2) is 18.3 Å². The van der Waals surface area contributed by atoms with Gasteiger partial charge in [-0.05, 0) is 26.8 Å². The van der Waals surface area contributed by atoms with Crippen LogP contribution in [-0.2, 0) is 18.3 Å². The van der Waals surface area contributed by atoms with Gasteiger partial charge in [0, 0.05) is 36.9 Å². The SMILES string of the molecule is Cn1c(CN)cc2cnc(NC(=O)OC(C)(C)C)cc21. The van der Waals surface area contributed by atoms with E-state index in [4.69, 9.17) is 10.5 Å². The van der Waals surface area contributed by atoms with E-state index in [-0.39, 0.29) is 0 Å². The summed E-state index contributed by atoms with van der Waals surface area (Å²) < 4.78 is 7.18. The van der Waals surface area contributed by atoms with Gasteiger partial charge in [0.1, 0.15) is 11.4 Å². The Kier molecular flexibility index (Phi) is 3.67. The number of nitrogens with one attached hydrogen (secondary N) is 1. The van der Waals surface area contributed by atoms with Crippen LogP contribution in [0.25, 0.3) is 10.9 Å². The van der Waals surface area contributed by atoms with Gasteiger partial charge in [0.25, 0.3) is 0 Å². The highest BCUT2D eigenvalue weighted by Gasteiger charge is 2.17. The molecule has 2 aromatic rings. The van der Waals surface area contributed by atoms with Crippen LogP contribution in [0.2, 0.25) is 0 Å². The van der Waals surface area contributed by atoms with E-state index in [1.165, 1.54) is 0 Å². The zero-order chi connectivity index (χ0) is 14.9. The topological polar surface area (TPSA) is 82.2 Å². The number of hydrogen-bond donors (Lipinski definition) is 2. The Morgan fingerprint density at radius 3 is 2.75 bits per heavy atom. The molecule has 108 valence electrons. The summed E-state index contributed by atoms with van der Waals surface area (Å²) in [7, 11) is 1.93. The molecular weight excluding hydrogens is 256 g/mol. The van der Waals surface area contributed by atoms with E-state index >= 15 is 0 Å². The van der Waals surface area contributed by atoms with Gasteiger partial charge >= 0.3 is 6.09 Å². The molecule has 0 spiro atoms. The quantitative estimate of drug-likeness (QED) is 0.882. The Balaban J connectivity index is 2.24. The summed E-state index contributed by atoms with van der Waals surface area (Å²) >= 11 is 0. The third-order valence-electron chi connectivity index (χ3n) is 2.86. The summed E-state index contributed by atoms with van der Waals surface area (Å²) in [4.78, 5) is 15.9. The first-order valence-electron chi connectivity index (χ1n) is 6.44. The number of pyridine rings is 1. The maximum Gasteiger partial charge on any atom is 0.413 e. The Labute approximate surface area is 117 Å². The summed E-state index contributed by atoms with van der Waals surface area (Å²) in [5.74, 6) is 0.455. The highest BCUT2D eigenvalue weighted by atomic mass is 16.6. The number of aromatic nitrogens is 2. The van der Waals surface area contributed by atoms with E-state index < -0.39 is 11.7 Å². The molecule has 6 heteroatoms. The van der Waals surface area contributed by atoms with Crippen molar-refractivity contribution in [1.29, 1.82) is 0 Å². The lowest BCUT2D eigenvalue weighted by atomic mass is 10.2. The van der Waals surface area contributed by atoms with Gasteiger partial charge in [-0.1, -0.05) is 0 Å². The lowest BCUT2D eigenvalue weighted by Crippen LogP contribution is -2.27. The Bertz CT molecular complexity index is 640. The molecule has 1 amide bonds. The van der Waals surface area contributed by atoms with E-state index in [2.05, 4.69) is 10.3 Å². The number of nitrogens with two attached hydrogens (primary N) is 1. The summed E-state index contributed by atoms with van der Waals surface area (Å²) in [6.45, 7) is 5.90. The maximum atomic E-state index is 11.7. The minimum Gasteiger partial charge on any atom is -0.444 e. The fourth-order valence-electron chi connectivity index (χ4n) is 1.96. The van der Waals surface area contributed by atoms with Crippen LogP contribution in [0.3, 0.4) is 0 Å². The van der Waals surface area contributed by atoms with Gasteiger partial charge in [0.15, 0.2) is 0 Å². The normalized spacial score (nSPS) is 11.7. The van der Waals surface area contributed by atoms with Crippen molar-refractivity contribution in [1.82, 2.24) is 9.55 Å². The monoisotopic (exact) mass is 276 g/mol. The first kappa shape index (κ1) is 14.3. The standard InChI is InChI=1S/C14H20N4O2/c1-14(2,3)20-13(19)17-12-6-11-9(8-16-12)5-10(7-15)18(11)4/h5-6,8H,7,15H2,1-4H3,(H,16,17,19). The molecule has 6 nitrogen and oxygen atoms in total. The number of ether oxygens (including phenoxy) is 1. The average Bonchev–Trinajstić information content (AvgIpc) is 2.64. The molecule has 0 aliphatic carbocycles. The first-order chi connectivity index (χ1) is 9.30. The molecule has 0 radical (unpaired) electrons. The van der Waals surface area contributed by atoms with Crippen molar-refractivity contribution in [2.24, 2.45) is 12.8 Å². The summed E-state index contributed by atoms with van der Waals surface area (Å²) in [6.07, 6.45) is 1.19. The summed E-state index contributed by atoms with van der Waals surface area (Å²) in [5.41, 5.74) is 7.11. The van der Waals surface area contributed by atoms with Crippen LogP contribution in [0.4, 0.5) is 10.6 Å². The number of hydrogen-bond acceptors (Lipinski definition) is 4. The smallest absolute Gasteiger partial charge is 0.413 e. The minimum atomic E-state index is -0.536. The fraction of sp³-hybridized carbons (Fsp3) is 0.429. The van der Waals surface area contributed by atoms with Gasteiger partial charge < -0.3 is 15.0 Å². The zero-order valence-electron chi connectivity index (χ0n) is 12.2. The van der Waals surface area contributed by atoms with Gasteiger partial charge in [-0.2, -0.15) is 0 Å². The predicted molar refractivity (Wildman–Crippen MR) is 78.5 cm³/mol. The zero-order valence-corrected chi connectivity index (χ0v) is 12.2. The largest absolute Gasteiger partial charge is 0.444 e. The van der Waals surface area contributed by atoms with E-state index in [1.54, 1.807) is 12.3 Å². The van der Waals surface area contributed by atoms with Crippen LogP contribution in [0.5, 0.6) is 0 Å². The number of amides is 1. The van der Waals surface area contributed by atoms with Crippen LogP contribution in [0, 0.1) is 0 Å². The van der Waals surface area contributed by atoms with Crippen LogP contribution in [0.1, 0.15) is 26.5 Å². The number of anilines is 1. The maximum absolute atomic E-state index is 11.7. The van der Waals surface area contributed by atoms with Gasteiger partial charge in [0.05, 0.1) is 5.52 Å². The molecule has 0 atom stereocenters. The van der Waals surface area contributed by atoms with Crippen LogP contribution in [-0.4, -0.2) is 21.2 Å². The minimum absolute atomic E-state index is 0.455. The molecule has 20 heavy (non-hydrogen) atoms. The number of aryl methyl sites for hydroxylation is 1. The van der Waals surface area contributed by atoms with Gasteiger partial charge in [-0.3, -0.25) is 5.32 Å². The highest BCUT2D eigenvalue weighted by Crippen LogP contribution is 2.20. The second-order valence-electron chi connectivity index (χ2n) is 5.65. The van der Waals surface area contributed by atoms with Crippen molar-refractivity contribution < 1.29 is 9.53 Å². The van der Waals surface area contributed by atoms with Crippen LogP contribution < -0.4 is 11.1 Å². The van der Waals surface area contributed by atoms with E-state index in [0.717, 1.165) is 16.6 Å². The van der Waals surface area contributed by atoms with Crippen molar-refractivity contribution in [3.63, 3.8) is 0 Å². The average molecular weight is 276 g/mol. The van der Waals surface area contributed by atoms with Crippen molar-refractivity contribution in [3.05, 3.63) is 24.0 Å². The summed E-state index contributed by atoms with van der Waals surface area (Å²) in [5, 5.41) is 3.62. The molecule has 2 heterocycles. The predicted octanol–water partition coefficient (Wildman–Crippen LogP) is 2.38. The third kappa shape index (κ3) is 3.08. The fourth-order valence-corrected chi connectivity index (χ4v) is 1.96. The van der Waals surface area contributed by atoms with E-state index in [1.807, 2.05) is 38.5 Å². The molecule has 0 fully saturated rings. The molecule has 0 unspecified atom stereocenters. The summed E-state index contributed by atoms with van der Waals surface area (Å²) in [6, 6.07) is 3.79. The lowest BCUT2D eigenvalue weighted by Gasteiger charge is -2.19. The molecule has 2 aromatic heterocycles. The number of rotatable bonds is 2. The van der Waals surface area contributed by atoms with Gasteiger partial charge in [-0.25, -0.2) is 9.78 Å².